The first-order valence-electron chi connectivity index (χ1n) is 6.87. The highest BCUT2D eigenvalue weighted by Crippen LogP contribution is 2.25. The van der Waals surface area contributed by atoms with Crippen molar-refractivity contribution in [2.75, 3.05) is 13.1 Å². The van der Waals surface area contributed by atoms with Crippen molar-refractivity contribution in [3.63, 3.8) is 0 Å². The van der Waals surface area contributed by atoms with E-state index in [1.165, 1.54) is 16.4 Å². The smallest absolute Gasteiger partial charge is 0.243 e. The van der Waals surface area contributed by atoms with Gasteiger partial charge < -0.3 is 4.74 Å². The van der Waals surface area contributed by atoms with Crippen LogP contribution >= 0.6 is 0 Å². The molecular formula is C14H20FNO3S. The van der Waals surface area contributed by atoms with Gasteiger partial charge in [-0.1, -0.05) is 6.42 Å². The van der Waals surface area contributed by atoms with Crippen molar-refractivity contribution in [2.45, 2.75) is 44.1 Å². The van der Waals surface area contributed by atoms with Crippen molar-refractivity contribution in [3.8, 4) is 5.75 Å². The zero-order valence-corrected chi connectivity index (χ0v) is 12.6. The van der Waals surface area contributed by atoms with Gasteiger partial charge in [0.1, 0.15) is 0 Å². The second-order valence-electron chi connectivity index (χ2n) is 5.22. The van der Waals surface area contributed by atoms with Gasteiger partial charge in [0.15, 0.2) is 11.6 Å². The van der Waals surface area contributed by atoms with E-state index in [0.717, 1.165) is 25.3 Å². The molecule has 1 fully saturated rings. The van der Waals surface area contributed by atoms with Crippen molar-refractivity contribution in [3.05, 3.63) is 24.0 Å². The maximum Gasteiger partial charge on any atom is 0.243 e. The largest absolute Gasteiger partial charge is 0.488 e. The molecule has 0 N–H and O–H groups in total. The van der Waals surface area contributed by atoms with Crippen molar-refractivity contribution in [1.82, 2.24) is 4.31 Å². The van der Waals surface area contributed by atoms with E-state index in [9.17, 15) is 12.8 Å². The van der Waals surface area contributed by atoms with E-state index in [4.69, 9.17) is 4.74 Å². The molecule has 4 nitrogen and oxygen atoms in total. The highest BCUT2D eigenvalue weighted by atomic mass is 32.2. The van der Waals surface area contributed by atoms with Gasteiger partial charge in [-0.3, -0.25) is 0 Å². The molecular weight excluding hydrogens is 281 g/mol. The number of sulfonamides is 1. The minimum atomic E-state index is -3.59. The molecule has 112 valence electrons. The number of hydrogen-bond acceptors (Lipinski definition) is 3. The highest BCUT2D eigenvalue weighted by Gasteiger charge is 2.26. The van der Waals surface area contributed by atoms with E-state index in [1.54, 1.807) is 13.8 Å². The number of hydrogen-bond donors (Lipinski definition) is 0. The fourth-order valence-electron chi connectivity index (χ4n) is 2.25. The first-order chi connectivity index (χ1) is 9.41. The predicted molar refractivity (Wildman–Crippen MR) is 74.8 cm³/mol. The summed E-state index contributed by atoms with van der Waals surface area (Å²) in [5.74, 6) is -0.561. The zero-order valence-electron chi connectivity index (χ0n) is 11.8. The molecule has 0 atom stereocenters. The Balaban J connectivity index is 2.26. The Kier molecular flexibility index (Phi) is 4.65. The molecule has 0 spiro atoms. The molecule has 0 bridgehead atoms. The van der Waals surface area contributed by atoms with Crippen LogP contribution in [0.4, 0.5) is 4.39 Å². The number of halogens is 1. The van der Waals surface area contributed by atoms with Gasteiger partial charge in [0.2, 0.25) is 10.0 Å². The molecule has 20 heavy (non-hydrogen) atoms. The van der Waals surface area contributed by atoms with Gasteiger partial charge in [0.05, 0.1) is 11.0 Å². The summed E-state index contributed by atoms with van der Waals surface area (Å²) in [6.07, 6.45) is 2.60. The summed E-state index contributed by atoms with van der Waals surface area (Å²) < 4.78 is 45.4. The monoisotopic (exact) mass is 301 g/mol. The molecule has 0 saturated carbocycles. The third kappa shape index (κ3) is 3.30. The Morgan fingerprint density at radius 3 is 2.40 bits per heavy atom. The minimum absolute atomic E-state index is 0.00648. The van der Waals surface area contributed by atoms with Gasteiger partial charge >= 0.3 is 0 Å². The summed E-state index contributed by atoms with van der Waals surface area (Å²) in [5.41, 5.74) is 0. The topological polar surface area (TPSA) is 46.6 Å². The molecule has 1 aliphatic heterocycles. The summed E-state index contributed by atoms with van der Waals surface area (Å²) in [6.45, 7) is 4.60. The third-order valence-corrected chi connectivity index (χ3v) is 5.11. The Morgan fingerprint density at radius 1 is 1.20 bits per heavy atom. The quantitative estimate of drug-likeness (QED) is 0.859. The molecule has 2 rings (SSSR count). The first kappa shape index (κ1) is 15.3. The van der Waals surface area contributed by atoms with Gasteiger partial charge in [-0.25, -0.2) is 12.8 Å². The second-order valence-corrected chi connectivity index (χ2v) is 7.16. The van der Waals surface area contributed by atoms with E-state index in [0.29, 0.717) is 13.1 Å². The SMILES string of the molecule is CC(C)Oc1ccc(S(=O)(=O)N2CCCCC2)cc1F. The van der Waals surface area contributed by atoms with Crippen LogP contribution in [0.5, 0.6) is 5.75 Å². The summed E-state index contributed by atoms with van der Waals surface area (Å²) in [4.78, 5) is -0.00648. The lowest BCUT2D eigenvalue weighted by atomic mass is 10.2. The van der Waals surface area contributed by atoms with E-state index >= 15 is 0 Å². The standard InChI is InChI=1S/C14H20FNO3S/c1-11(2)19-14-7-6-12(10-13(14)15)20(17,18)16-8-4-3-5-9-16/h6-7,10-11H,3-5,8-9H2,1-2H3. The van der Waals surface area contributed by atoms with Gasteiger partial charge in [0, 0.05) is 13.1 Å². The van der Waals surface area contributed by atoms with Crippen LogP contribution in [0.25, 0.3) is 0 Å². The number of benzene rings is 1. The molecule has 1 heterocycles. The maximum absolute atomic E-state index is 13.9. The van der Waals surface area contributed by atoms with Crippen LogP contribution in [-0.2, 0) is 10.0 Å². The lowest BCUT2D eigenvalue weighted by Crippen LogP contribution is -2.35. The van der Waals surface area contributed by atoms with Gasteiger partial charge in [-0.15, -0.1) is 0 Å². The molecule has 1 aliphatic rings. The maximum atomic E-state index is 13.9. The van der Waals surface area contributed by atoms with Crippen LogP contribution < -0.4 is 4.74 Å². The summed E-state index contributed by atoms with van der Waals surface area (Å²) in [6, 6.07) is 3.83. The Bertz CT molecular complexity index is 566. The molecule has 1 saturated heterocycles. The fraction of sp³-hybridized carbons (Fsp3) is 0.571. The van der Waals surface area contributed by atoms with E-state index < -0.39 is 15.8 Å². The Hall–Kier alpha value is -1.14. The lowest BCUT2D eigenvalue weighted by molar-refractivity contribution is 0.231. The van der Waals surface area contributed by atoms with Crippen LogP contribution in [-0.4, -0.2) is 31.9 Å². The Morgan fingerprint density at radius 2 is 1.85 bits per heavy atom. The van der Waals surface area contributed by atoms with Crippen molar-refractivity contribution in [2.24, 2.45) is 0 Å². The fourth-order valence-corrected chi connectivity index (χ4v) is 3.78. The molecule has 0 amide bonds. The van der Waals surface area contributed by atoms with Gasteiger partial charge in [0.25, 0.3) is 0 Å². The molecule has 0 radical (unpaired) electrons. The summed E-state index contributed by atoms with van der Waals surface area (Å²) >= 11 is 0. The predicted octanol–water partition coefficient (Wildman–Crippen LogP) is 2.79. The normalized spacial score (nSPS) is 17.4. The van der Waals surface area contributed by atoms with Crippen LogP contribution in [0.3, 0.4) is 0 Å². The number of nitrogens with zero attached hydrogens (tertiary/aromatic N) is 1. The van der Waals surface area contributed by atoms with Gasteiger partial charge in [-0.2, -0.15) is 4.31 Å². The van der Waals surface area contributed by atoms with Crippen molar-refractivity contribution >= 4 is 10.0 Å². The molecule has 0 aromatic heterocycles. The summed E-state index contributed by atoms with van der Waals surface area (Å²) in [7, 11) is -3.59. The molecule has 1 aromatic rings. The minimum Gasteiger partial charge on any atom is -0.488 e. The van der Waals surface area contributed by atoms with Crippen LogP contribution in [0.1, 0.15) is 33.1 Å². The average molecular weight is 301 g/mol. The van der Waals surface area contributed by atoms with Crippen molar-refractivity contribution < 1.29 is 17.5 Å². The average Bonchev–Trinajstić information content (AvgIpc) is 2.41. The Labute approximate surface area is 119 Å². The molecule has 1 aromatic carbocycles. The highest BCUT2D eigenvalue weighted by molar-refractivity contribution is 7.89. The van der Waals surface area contributed by atoms with E-state index in [2.05, 4.69) is 0 Å². The van der Waals surface area contributed by atoms with E-state index in [-0.39, 0.29) is 16.7 Å². The third-order valence-electron chi connectivity index (χ3n) is 3.22. The van der Waals surface area contributed by atoms with Crippen LogP contribution in [0, 0.1) is 5.82 Å². The summed E-state index contributed by atoms with van der Waals surface area (Å²) in [5, 5.41) is 0. The molecule has 6 heteroatoms. The van der Waals surface area contributed by atoms with Crippen molar-refractivity contribution in [1.29, 1.82) is 0 Å². The number of rotatable bonds is 4. The number of ether oxygens (including phenoxy) is 1. The van der Waals surface area contributed by atoms with E-state index in [1.807, 2.05) is 0 Å². The lowest BCUT2D eigenvalue weighted by Gasteiger charge is -2.26. The van der Waals surface area contributed by atoms with Crippen LogP contribution in [0.15, 0.2) is 23.1 Å². The van der Waals surface area contributed by atoms with Crippen LogP contribution in [0.2, 0.25) is 0 Å². The zero-order chi connectivity index (χ0) is 14.8. The molecule has 0 aliphatic carbocycles. The molecule has 0 unspecified atom stereocenters. The first-order valence-corrected chi connectivity index (χ1v) is 8.31. The number of piperidine rings is 1. The van der Waals surface area contributed by atoms with Gasteiger partial charge in [-0.05, 0) is 44.9 Å². The second kappa shape index (κ2) is 6.10.